The van der Waals surface area contributed by atoms with Gasteiger partial charge in [-0.25, -0.2) is 14.4 Å². The average Bonchev–Trinajstić information content (AvgIpc) is 3.33. The van der Waals surface area contributed by atoms with E-state index in [0.717, 1.165) is 57.2 Å². The number of rotatable bonds is 6. The normalized spacial score (nSPS) is 17.6. The molecule has 0 aliphatic carbocycles. The summed E-state index contributed by atoms with van der Waals surface area (Å²) >= 11 is 0. The summed E-state index contributed by atoms with van der Waals surface area (Å²) in [5.74, 6) is -6.77. The number of nitrogens with zero attached hydrogens (tertiary/aromatic N) is 4. The molecule has 1 atom stereocenters. The first kappa shape index (κ1) is 41.0. The van der Waals surface area contributed by atoms with Gasteiger partial charge in [-0.1, -0.05) is 11.2 Å². The van der Waals surface area contributed by atoms with Crippen molar-refractivity contribution < 1.29 is 78.5 Å². The van der Waals surface area contributed by atoms with Crippen LogP contribution in [0.1, 0.15) is 29.9 Å². The van der Waals surface area contributed by atoms with E-state index < -0.39 is 36.4 Å². The van der Waals surface area contributed by atoms with Gasteiger partial charge in [0.15, 0.2) is 0 Å². The van der Waals surface area contributed by atoms with Crippen molar-refractivity contribution in [3.05, 3.63) is 47.6 Å². The van der Waals surface area contributed by atoms with Crippen LogP contribution in [0.3, 0.4) is 0 Å². The third-order valence-electron chi connectivity index (χ3n) is 6.19. The van der Waals surface area contributed by atoms with Crippen LogP contribution in [0.5, 0.6) is 0 Å². The Morgan fingerprint density at radius 2 is 1.49 bits per heavy atom. The molecule has 4 heterocycles. The number of aliphatic carboxylic acids is 3. The summed E-state index contributed by atoms with van der Waals surface area (Å²) in [5, 5.41) is 25.5. The monoisotopic (exact) mass is 698 g/mol. The van der Waals surface area contributed by atoms with Crippen molar-refractivity contribution in [2.45, 2.75) is 57.0 Å². The molecule has 0 aromatic carbocycles. The maximum atomic E-state index is 10.6. The van der Waals surface area contributed by atoms with E-state index in [1.165, 1.54) is 12.0 Å². The Kier molecular flexibility index (Phi) is 15.1. The van der Waals surface area contributed by atoms with Crippen LogP contribution >= 0.6 is 0 Å². The van der Waals surface area contributed by atoms with Gasteiger partial charge in [0.25, 0.3) is 0 Å². The number of carboxylic acid groups (broad SMARTS) is 3. The zero-order valence-corrected chi connectivity index (χ0v) is 24.7. The number of likely N-dealkylation sites (tertiary alicyclic amines) is 1. The van der Waals surface area contributed by atoms with Gasteiger partial charge in [-0.15, -0.1) is 0 Å². The topological polar surface area (TPSA) is 167 Å². The first-order valence-electron chi connectivity index (χ1n) is 13.2. The summed E-state index contributed by atoms with van der Waals surface area (Å²) < 4.78 is 107. The molecule has 0 amide bonds. The number of aryl methyl sites for hydroxylation is 1. The fraction of sp³-hybridized carbons (Fsp3) is 0.577. The molecule has 0 radical (unpaired) electrons. The third-order valence-corrected chi connectivity index (χ3v) is 6.19. The lowest BCUT2D eigenvalue weighted by molar-refractivity contribution is -0.193. The predicted octanol–water partition coefficient (Wildman–Crippen LogP) is 4.39. The van der Waals surface area contributed by atoms with E-state index in [4.69, 9.17) is 39.0 Å². The molecule has 47 heavy (non-hydrogen) atoms. The smallest absolute Gasteiger partial charge is 0.475 e. The number of ether oxygens (including phenoxy) is 1. The highest BCUT2D eigenvalue weighted by molar-refractivity contribution is 5.73. The number of carbonyl (C=O) groups is 3. The van der Waals surface area contributed by atoms with Crippen molar-refractivity contribution in [3.63, 3.8) is 0 Å². The lowest BCUT2D eigenvalue weighted by atomic mass is 9.82. The highest BCUT2D eigenvalue weighted by atomic mass is 19.4. The molecular formula is C26H31F9N4O8. The third kappa shape index (κ3) is 15.9. The standard InChI is InChI=1S/C20H28N4O2.3C2HF3O2/c1-16-8-19(22-26-16)12-24-14-20(15-24)6-5-18(13-25-20)11-23(2)10-17-4-3-7-21-9-17;3*3-2(4,5)1(6)7/h3-4,7-9,18H,5-6,10-15H2,1-2H3;3*(H,6,7). The van der Waals surface area contributed by atoms with Gasteiger partial charge < -0.3 is 29.5 Å². The van der Waals surface area contributed by atoms with Gasteiger partial charge in [0.2, 0.25) is 0 Å². The quantitative estimate of drug-likeness (QED) is 0.365. The van der Waals surface area contributed by atoms with Crippen LogP contribution < -0.4 is 0 Å². The fourth-order valence-corrected chi connectivity index (χ4v) is 4.22. The number of hydrogen-bond donors (Lipinski definition) is 3. The van der Waals surface area contributed by atoms with Crippen LogP contribution in [-0.4, -0.2) is 111 Å². The molecule has 266 valence electrons. The minimum atomic E-state index is -5.08. The number of aromatic nitrogens is 2. The number of hydrogen-bond acceptors (Lipinski definition) is 9. The fourth-order valence-electron chi connectivity index (χ4n) is 4.22. The maximum absolute atomic E-state index is 10.6. The molecule has 2 aliphatic heterocycles. The molecule has 0 bridgehead atoms. The first-order chi connectivity index (χ1) is 21.4. The Balaban J connectivity index is 0.000000430. The second kappa shape index (κ2) is 17.3. The van der Waals surface area contributed by atoms with Crippen molar-refractivity contribution in [1.82, 2.24) is 19.9 Å². The largest absolute Gasteiger partial charge is 0.490 e. The molecule has 2 aromatic heterocycles. The van der Waals surface area contributed by atoms with Crippen LogP contribution in [-0.2, 0) is 32.2 Å². The highest BCUT2D eigenvalue weighted by Crippen LogP contribution is 2.37. The van der Waals surface area contributed by atoms with Crippen LogP contribution in [0.2, 0.25) is 0 Å². The molecule has 2 aliphatic rings. The van der Waals surface area contributed by atoms with Gasteiger partial charge in [-0.3, -0.25) is 9.88 Å². The van der Waals surface area contributed by atoms with Crippen molar-refractivity contribution in [2.24, 2.45) is 5.92 Å². The summed E-state index contributed by atoms with van der Waals surface area (Å²) in [6.07, 6.45) is -9.08. The molecule has 3 N–H and O–H groups in total. The minimum absolute atomic E-state index is 0.0806. The Labute approximate surface area is 260 Å². The van der Waals surface area contributed by atoms with Crippen LogP contribution in [0.4, 0.5) is 39.5 Å². The minimum Gasteiger partial charge on any atom is -0.475 e. The van der Waals surface area contributed by atoms with Gasteiger partial charge >= 0.3 is 36.4 Å². The SMILES string of the molecule is Cc1cc(CN2CC3(CCC(CN(C)Cc4cccnc4)CO3)C2)no1.O=C(O)C(F)(F)F.O=C(O)C(F)(F)F.O=C(O)C(F)(F)F. The van der Waals surface area contributed by atoms with Crippen molar-refractivity contribution in [3.8, 4) is 0 Å². The van der Waals surface area contributed by atoms with E-state index in [9.17, 15) is 39.5 Å². The Morgan fingerprint density at radius 1 is 0.979 bits per heavy atom. The van der Waals surface area contributed by atoms with E-state index in [1.807, 2.05) is 31.5 Å². The maximum Gasteiger partial charge on any atom is 0.490 e. The van der Waals surface area contributed by atoms with Crippen molar-refractivity contribution in [2.75, 3.05) is 33.3 Å². The van der Waals surface area contributed by atoms with Gasteiger partial charge in [0.1, 0.15) is 5.76 Å². The molecule has 2 saturated heterocycles. The summed E-state index contributed by atoms with van der Waals surface area (Å²) in [6, 6.07) is 6.15. The van der Waals surface area contributed by atoms with Crippen molar-refractivity contribution >= 4 is 17.9 Å². The zero-order chi connectivity index (χ0) is 36.2. The summed E-state index contributed by atoms with van der Waals surface area (Å²) in [6.45, 7) is 7.71. The summed E-state index contributed by atoms with van der Waals surface area (Å²) in [5.41, 5.74) is 2.36. The van der Waals surface area contributed by atoms with Gasteiger partial charge in [-0.2, -0.15) is 39.5 Å². The van der Waals surface area contributed by atoms with Crippen LogP contribution in [0, 0.1) is 12.8 Å². The van der Waals surface area contributed by atoms with Crippen LogP contribution in [0.15, 0.2) is 35.1 Å². The summed E-state index contributed by atoms with van der Waals surface area (Å²) in [7, 11) is 2.18. The lowest BCUT2D eigenvalue weighted by Gasteiger charge is -2.53. The number of pyridine rings is 1. The second-order valence-corrected chi connectivity index (χ2v) is 10.4. The molecule has 2 aromatic rings. The Bertz CT molecular complexity index is 1210. The van der Waals surface area contributed by atoms with E-state index in [2.05, 4.69) is 33.1 Å². The summed E-state index contributed by atoms with van der Waals surface area (Å²) in [4.78, 5) is 35.7. The van der Waals surface area contributed by atoms with Crippen molar-refractivity contribution in [1.29, 1.82) is 0 Å². The van der Waals surface area contributed by atoms with Crippen LogP contribution in [0.25, 0.3) is 0 Å². The molecule has 12 nitrogen and oxygen atoms in total. The number of alkyl halides is 9. The molecule has 2 fully saturated rings. The Hall–Kier alpha value is -3.98. The van der Waals surface area contributed by atoms with Gasteiger partial charge in [-0.05, 0) is 44.4 Å². The predicted molar refractivity (Wildman–Crippen MR) is 140 cm³/mol. The lowest BCUT2D eigenvalue weighted by Crippen LogP contribution is -2.64. The highest BCUT2D eigenvalue weighted by Gasteiger charge is 2.46. The first-order valence-corrected chi connectivity index (χ1v) is 13.2. The van der Waals surface area contributed by atoms with E-state index >= 15 is 0 Å². The zero-order valence-electron chi connectivity index (χ0n) is 24.7. The molecule has 1 spiro atoms. The average molecular weight is 699 g/mol. The molecular weight excluding hydrogens is 667 g/mol. The van der Waals surface area contributed by atoms with Gasteiger partial charge in [0, 0.05) is 51.2 Å². The molecule has 0 saturated carbocycles. The Morgan fingerprint density at radius 3 is 1.85 bits per heavy atom. The number of halogens is 9. The van der Waals surface area contributed by atoms with E-state index in [-0.39, 0.29) is 5.60 Å². The molecule has 21 heteroatoms. The second-order valence-electron chi connectivity index (χ2n) is 10.4. The van der Waals surface area contributed by atoms with Gasteiger partial charge in [0.05, 0.1) is 17.9 Å². The van der Waals surface area contributed by atoms with E-state index in [1.54, 1.807) is 0 Å². The molecule has 4 rings (SSSR count). The molecule has 1 unspecified atom stereocenters. The van der Waals surface area contributed by atoms with E-state index in [0.29, 0.717) is 5.92 Å². The number of carboxylic acids is 3.